The number of hydrogen-bond donors (Lipinski definition) is 2. The molecule has 0 saturated heterocycles. The first-order valence-corrected chi connectivity index (χ1v) is 7.57. The van der Waals surface area contributed by atoms with E-state index in [-0.39, 0.29) is 11.6 Å². The van der Waals surface area contributed by atoms with Gasteiger partial charge in [-0.2, -0.15) is 18.3 Å². The van der Waals surface area contributed by atoms with E-state index in [1.807, 2.05) is 0 Å². The first kappa shape index (κ1) is 20.0. The summed E-state index contributed by atoms with van der Waals surface area (Å²) >= 11 is 0. The van der Waals surface area contributed by atoms with E-state index < -0.39 is 24.3 Å². The molecule has 0 fully saturated rings. The topological polar surface area (TPSA) is 93.0 Å². The summed E-state index contributed by atoms with van der Waals surface area (Å²) in [6.45, 7) is 1.16. The first-order chi connectivity index (χ1) is 12.7. The quantitative estimate of drug-likeness (QED) is 0.562. The maximum absolute atomic E-state index is 12.5. The van der Waals surface area contributed by atoms with Crippen LogP contribution in [0.25, 0.3) is 0 Å². The molecular weight excluding hydrogens is 367 g/mol. The number of methoxy groups -OCH3 is 1. The van der Waals surface area contributed by atoms with Crippen molar-refractivity contribution in [3.63, 3.8) is 0 Å². The summed E-state index contributed by atoms with van der Waals surface area (Å²) < 4.78 is 47.8. The molecule has 0 unspecified atom stereocenters. The number of carboxylic acids is 1. The number of ether oxygens (including phenoxy) is 2. The van der Waals surface area contributed by atoms with Gasteiger partial charge in [-0.1, -0.05) is 0 Å². The SMILES string of the molecule is COc1cc(C(C)=NNc2ccc(C(F)(F)F)cn2)ccc1OCC(=O)O. The second kappa shape index (κ2) is 8.39. The summed E-state index contributed by atoms with van der Waals surface area (Å²) in [5.41, 5.74) is 2.86. The van der Waals surface area contributed by atoms with Gasteiger partial charge in [0.2, 0.25) is 0 Å². The van der Waals surface area contributed by atoms with Gasteiger partial charge in [-0.15, -0.1) is 0 Å². The van der Waals surface area contributed by atoms with Crippen LogP contribution in [0.4, 0.5) is 19.0 Å². The second-order valence-corrected chi connectivity index (χ2v) is 5.29. The van der Waals surface area contributed by atoms with Gasteiger partial charge in [0.05, 0.1) is 18.4 Å². The zero-order valence-electron chi connectivity index (χ0n) is 14.4. The predicted octanol–water partition coefficient (Wildman–Crippen LogP) is 3.41. The Labute approximate surface area is 152 Å². The van der Waals surface area contributed by atoms with Crippen molar-refractivity contribution in [3.8, 4) is 11.5 Å². The van der Waals surface area contributed by atoms with Crippen molar-refractivity contribution in [2.75, 3.05) is 19.1 Å². The average Bonchev–Trinajstić information content (AvgIpc) is 2.63. The lowest BCUT2D eigenvalue weighted by molar-refractivity contribution is -0.139. The van der Waals surface area contributed by atoms with Crippen molar-refractivity contribution in [2.24, 2.45) is 5.10 Å². The number of hydrazone groups is 1. The Bertz CT molecular complexity index is 836. The van der Waals surface area contributed by atoms with Crippen LogP contribution in [0.5, 0.6) is 11.5 Å². The van der Waals surface area contributed by atoms with Crippen LogP contribution in [-0.4, -0.2) is 35.5 Å². The Morgan fingerprint density at radius 3 is 2.56 bits per heavy atom. The van der Waals surface area contributed by atoms with Crippen LogP contribution >= 0.6 is 0 Å². The average molecular weight is 383 g/mol. The van der Waals surface area contributed by atoms with E-state index in [9.17, 15) is 18.0 Å². The molecular formula is C17H16F3N3O4. The summed E-state index contributed by atoms with van der Waals surface area (Å²) in [4.78, 5) is 14.2. The van der Waals surface area contributed by atoms with E-state index in [0.29, 0.717) is 23.2 Å². The number of aliphatic carboxylic acids is 1. The molecule has 27 heavy (non-hydrogen) atoms. The number of nitrogens with one attached hydrogen (secondary N) is 1. The Kier molecular flexibility index (Phi) is 6.22. The minimum atomic E-state index is -4.45. The summed E-state index contributed by atoms with van der Waals surface area (Å²) in [5, 5.41) is 12.7. The van der Waals surface area contributed by atoms with E-state index in [1.54, 1.807) is 19.1 Å². The normalized spacial score (nSPS) is 11.8. The number of halogens is 3. The van der Waals surface area contributed by atoms with Gasteiger partial charge in [0.25, 0.3) is 0 Å². The van der Waals surface area contributed by atoms with Gasteiger partial charge >= 0.3 is 12.1 Å². The standard InChI is InChI=1S/C17H16F3N3O4/c1-10(22-23-15-6-4-12(8-21-15)17(18,19)20)11-3-5-13(14(7-11)26-2)27-9-16(24)25/h3-8H,9H2,1-2H3,(H,21,23)(H,24,25). The number of anilines is 1. The third-order valence-electron chi connectivity index (χ3n) is 3.36. The Balaban J connectivity index is 2.12. The van der Waals surface area contributed by atoms with Gasteiger partial charge in [-0.25, -0.2) is 9.78 Å². The van der Waals surface area contributed by atoms with E-state index in [4.69, 9.17) is 14.6 Å². The lowest BCUT2D eigenvalue weighted by Gasteiger charge is -2.11. The highest BCUT2D eigenvalue weighted by Crippen LogP contribution is 2.29. The van der Waals surface area contributed by atoms with Crippen LogP contribution < -0.4 is 14.9 Å². The Morgan fingerprint density at radius 1 is 1.26 bits per heavy atom. The molecule has 10 heteroatoms. The Morgan fingerprint density at radius 2 is 2.00 bits per heavy atom. The maximum atomic E-state index is 12.5. The number of carbonyl (C=O) groups is 1. The Hall–Kier alpha value is -3.30. The van der Waals surface area contributed by atoms with Crippen LogP contribution in [0.2, 0.25) is 0 Å². The van der Waals surface area contributed by atoms with Gasteiger partial charge in [-0.05, 0) is 37.3 Å². The van der Waals surface area contributed by atoms with Crippen molar-refractivity contribution in [3.05, 3.63) is 47.7 Å². The number of alkyl halides is 3. The molecule has 1 aromatic carbocycles. The molecule has 2 aromatic rings. The number of nitrogens with zero attached hydrogens (tertiary/aromatic N) is 2. The largest absolute Gasteiger partial charge is 0.493 e. The lowest BCUT2D eigenvalue weighted by atomic mass is 10.1. The van der Waals surface area contributed by atoms with E-state index in [2.05, 4.69) is 15.5 Å². The maximum Gasteiger partial charge on any atom is 0.417 e. The van der Waals surface area contributed by atoms with Crippen LogP contribution in [0.15, 0.2) is 41.6 Å². The predicted molar refractivity (Wildman–Crippen MR) is 91.2 cm³/mol. The number of hydrogen-bond acceptors (Lipinski definition) is 6. The summed E-state index contributed by atoms with van der Waals surface area (Å²) in [7, 11) is 1.41. The van der Waals surface area contributed by atoms with Gasteiger partial charge in [0, 0.05) is 11.8 Å². The monoisotopic (exact) mass is 383 g/mol. The number of carboxylic acid groups (broad SMARTS) is 1. The van der Waals surface area contributed by atoms with Crippen molar-refractivity contribution in [1.82, 2.24) is 4.98 Å². The smallest absolute Gasteiger partial charge is 0.417 e. The molecule has 144 valence electrons. The van der Waals surface area contributed by atoms with Crippen LogP contribution in [-0.2, 0) is 11.0 Å². The molecule has 0 radical (unpaired) electrons. The number of rotatable bonds is 7. The molecule has 0 bridgehead atoms. The molecule has 2 N–H and O–H groups in total. The zero-order chi connectivity index (χ0) is 20.0. The molecule has 2 rings (SSSR count). The molecule has 0 aliphatic carbocycles. The molecule has 7 nitrogen and oxygen atoms in total. The number of aromatic nitrogens is 1. The highest BCUT2D eigenvalue weighted by molar-refractivity contribution is 5.99. The number of benzene rings is 1. The van der Waals surface area contributed by atoms with Gasteiger partial charge in [0.1, 0.15) is 5.82 Å². The third-order valence-corrected chi connectivity index (χ3v) is 3.36. The van der Waals surface area contributed by atoms with E-state index >= 15 is 0 Å². The van der Waals surface area contributed by atoms with Crippen molar-refractivity contribution in [1.29, 1.82) is 0 Å². The molecule has 0 aliphatic rings. The van der Waals surface area contributed by atoms with E-state index in [0.717, 1.165) is 6.07 Å². The second-order valence-electron chi connectivity index (χ2n) is 5.29. The number of pyridine rings is 1. The van der Waals surface area contributed by atoms with Crippen molar-refractivity contribution in [2.45, 2.75) is 13.1 Å². The minimum Gasteiger partial charge on any atom is -0.493 e. The zero-order valence-corrected chi connectivity index (χ0v) is 14.4. The van der Waals surface area contributed by atoms with Crippen LogP contribution in [0.3, 0.4) is 0 Å². The molecule has 0 aliphatic heterocycles. The van der Waals surface area contributed by atoms with Crippen LogP contribution in [0.1, 0.15) is 18.1 Å². The lowest BCUT2D eigenvalue weighted by Crippen LogP contribution is -2.10. The third kappa shape index (κ3) is 5.59. The summed E-state index contributed by atoms with van der Waals surface area (Å²) in [5.74, 6) is -0.396. The summed E-state index contributed by atoms with van der Waals surface area (Å²) in [6.07, 6.45) is -3.74. The first-order valence-electron chi connectivity index (χ1n) is 7.57. The highest BCUT2D eigenvalue weighted by Gasteiger charge is 2.30. The van der Waals surface area contributed by atoms with E-state index in [1.165, 1.54) is 19.2 Å². The highest BCUT2D eigenvalue weighted by atomic mass is 19.4. The molecule has 1 heterocycles. The molecule has 0 saturated carbocycles. The van der Waals surface area contributed by atoms with Crippen LogP contribution in [0, 0.1) is 0 Å². The molecule has 0 amide bonds. The van der Waals surface area contributed by atoms with Crippen molar-refractivity contribution < 1.29 is 32.5 Å². The molecule has 0 atom stereocenters. The molecule has 0 spiro atoms. The van der Waals surface area contributed by atoms with Gasteiger partial charge < -0.3 is 14.6 Å². The minimum absolute atomic E-state index is 0.149. The fraction of sp³-hybridized carbons (Fsp3) is 0.235. The fourth-order valence-corrected chi connectivity index (χ4v) is 1.98. The summed E-state index contributed by atoms with van der Waals surface area (Å²) in [6, 6.07) is 6.84. The van der Waals surface area contributed by atoms with Gasteiger partial charge in [-0.3, -0.25) is 5.43 Å². The fourth-order valence-electron chi connectivity index (χ4n) is 1.98. The van der Waals surface area contributed by atoms with Crippen molar-refractivity contribution >= 4 is 17.5 Å². The van der Waals surface area contributed by atoms with Gasteiger partial charge in [0.15, 0.2) is 18.1 Å². The molecule has 1 aromatic heterocycles.